The number of pyridine rings is 1. The van der Waals surface area contributed by atoms with Gasteiger partial charge in [0.1, 0.15) is 15.4 Å². The van der Waals surface area contributed by atoms with Crippen LogP contribution in [0.2, 0.25) is 5.02 Å². The van der Waals surface area contributed by atoms with E-state index in [1.807, 2.05) is 25.1 Å². The molecule has 0 aliphatic heterocycles. The highest BCUT2D eigenvalue weighted by molar-refractivity contribution is 9.10. The van der Waals surface area contributed by atoms with Gasteiger partial charge in [-0.15, -0.1) is 0 Å². The van der Waals surface area contributed by atoms with Gasteiger partial charge in [0.2, 0.25) is 0 Å². The summed E-state index contributed by atoms with van der Waals surface area (Å²) in [6.45, 7) is 0. The first-order valence-corrected chi connectivity index (χ1v) is 7.25. The minimum absolute atomic E-state index is 0.360. The van der Waals surface area contributed by atoms with Crippen molar-refractivity contribution in [3.63, 3.8) is 0 Å². The van der Waals surface area contributed by atoms with Crippen LogP contribution in [0.3, 0.4) is 0 Å². The van der Waals surface area contributed by atoms with Gasteiger partial charge in [-0.2, -0.15) is 0 Å². The molecule has 0 aliphatic carbocycles. The number of hydrogen-bond acceptors (Lipinski definition) is 6. The Morgan fingerprint density at radius 2 is 2.11 bits per heavy atom. The monoisotopic (exact) mass is 359 g/mol. The normalized spacial score (nSPS) is 10.5. The first-order chi connectivity index (χ1) is 8.99. The average Bonchev–Trinajstić information content (AvgIpc) is 2.34. The predicted octanol–water partition coefficient (Wildman–Crippen LogP) is 3.09. The van der Waals surface area contributed by atoms with Crippen LogP contribution >= 0.6 is 39.3 Å². The summed E-state index contributed by atoms with van der Waals surface area (Å²) < 4.78 is 0.601. The summed E-state index contributed by atoms with van der Waals surface area (Å²) in [4.78, 5) is 15.2. The fraction of sp³-hybridized carbons (Fsp3) is 0.182. The van der Waals surface area contributed by atoms with E-state index >= 15 is 0 Å². The Kier molecular flexibility index (Phi) is 4.49. The molecule has 2 heterocycles. The third-order valence-corrected chi connectivity index (χ3v) is 4.14. The molecule has 19 heavy (non-hydrogen) atoms. The number of nitrogens with two attached hydrogens (primary N) is 1. The van der Waals surface area contributed by atoms with Crippen molar-refractivity contribution in [2.75, 3.05) is 24.7 Å². The molecular weight excluding hydrogens is 350 g/mol. The van der Waals surface area contributed by atoms with Gasteiger partial charge >= 0.3 is 0 Å². The molecule has 8 heteroatoms. The van der Waals surface area contributed by atoms with E-state index in [0.717, 1.165) is 4.90 Å². The summed E-state index contributed by atoms with van der Waals surface area (Å²) in [5.74, 6) is 1.06. The molecule has 2 N–H and O–H groups in total. The third-order valence-electron chi connectivity index (χ3n) is 2.20. The fourth-order valence-corrected chi connectivity index (χ4v) is 2.82. The Labute approximate surface area is 128 Å². The molecule has 5 nitrogen and oxygen atoms in total. The van der Waals surface area contributed by atoms with Crippen LogP contribution in [-0.4, -0.2) is 29.0 Å². The molecule has 2 aromatic rings. The van der Waals surface area contributed by atoms with E-state index in [-0.39, 0.29) is 0 Å². The van der Waals surface area contributed by atoms with Gasteiger partial charge in [-0.3, -0.25) is 0 Å². The first-order valence-electron chi connectivity index (χ1n) is 5.26. The Morgan fingerprint density at radius 3 is 2.74 bits per heavy atom. The largest absolute Gasteiger partial charge is 0.381 e. The zero-order valence-corrected chi connectivity index (χ0v) is 13.4. The van der Waals surface area contributed by atoms with Gasteiger partial charge in [0.05, 0.1) is 11.2 Å². The van der Waals surface area contributed by atoms with Crippen molar-refractivity contribution >= 4 is 50.9 Å². The molecular formula is C11H11BrClN5S. The second kappa shape index (κ2) is 5.94. The lowest BCUT2D eigenvalue weighted by Gasteiger charge is -2.14. The number of nitrogens with zero attached hydrogens (tertiary/aromatic N) is 4. The summed E-state index contributed by atoms with van der Waals surface area (Å²) in [5, 5.41) is 1.18. The maximum atomic E-state index is 6.31. The Bertz CT molecular complexity index is 608. The molecule has 0 fully saturated rings. The number of halogens is 2. The van der Waals surface area contributed by atoms with Gasteiger partial charge in [0, 0.05) is 25.2 Å². The zero-order valence-electron chi connectivity index (χ0n) is 10.3. The Morgan fingerprint density at radius 1 is 1.37 bits per heavy atom. The van der Waals surface area contributed by atoms with Crippen LogP contribution < -0.4 is 10.6 Å². The molecule has 0 radical (unpaired) electrons. The molecule has 0 atom stereocenters. The van der Waals surface area contributed by atoms with E-state index in [2.05, 4.69) is 30.9 Å². The van der Waals surface area contributed by atoms with Gasteiger partial charge in [-0.1, -0.05) is 23.4 Å². The summed E-state index contributed by atoms with van der Waals surface area (Å²) >= 11 is 10.9. The number of nitrogen functional groups attached to an aromatic ring is 1. The van der Waals surface area contributed by atoms with E-state index < -0.39 is 0 Å². The van der Waals surface area contributed by atoms with Crippen LogP contribution in [0, 0.1) is 0 Å². The van der Waals surface area contributed by atoms with Crippen LogP contribution in [0.5, 0.6) is 0 Å². The minimum atomic E-state index is 0.360. The maximum absolute atomic E-state index is 6.31. The minimum Gasteiger partial charge on any atom is -0.381 e. The lowest BCUT2D eigenvalue weighted by Crippen LogP contribution is -2.11. The molecule has 0 unspecified atom stereocenters. The molecule has 0 spiro atoms. The highest BCUT2D eigenvalue weighted by Crippen LogP contribution is 2.37. The Balaban J connectivity index is 2.36. The molecule has 0 bridgehead atoms. The Hall–Kier alpha value is -1.05. The van der Waals surface area contributed by atoms with Crippen molar-refractivity contribution in [3.05, 3.63) is 28.1 Å². The average molecular weight is 361 g/mol. The van der Waals surface area contributed by atoms with Crippen molar-refractivity contribution < 1.29 is 0 Å². The first kappa shape index (κ1) is 14.4. The molecule has 0 saturated carbocycles. The van der Waals surface area contributed by atoms with Crippen LogP contribution in [0.25, 0.3) is 0 Å². The topological polar surface area (TPSA) is 67.9 Å². The van der Waals surface area contributed by atoms with E-state index in [9.17, 15) is 0 Å². The van der Waals surface area contributed by atoms with E-state index in [0.29, 0.717) is 26.3 Å². The number of aromatic nitrogens is 3. The summed E-state index contributed by atoms with van der Waals surface area (Å²) in [6.07, 6.45) is 3.30. The van der Waals surface area contributed by atoms with Crippen LogP contribution in [0.15, 0.2) is 33.0 Å². The van der Waals surface area contributed by atoms with Crippen molar-refractivity contribution in [1.29, 1.82) is 0 Å². The zero-order chi connectivity index (χ0) is 14.0. The second-order valence-electron chi connectivity index (χ2n) is 3.83. The number of anilines is 2. The fourth-order valence-electron chi connectivity index (χ4n) is 1.36. The van der Waals surface area contributed by atoms with Gasteiger partial charge in [0.25, 0.3) is 0 Å². The SMILES string of the molecule is CN(C)c1nccc(Sc2ncc(Br)nc2N)c1Cl. The van der Waals surface area contributed by atoms with Crippen molar-refractivity contribution in [2.24, 2.45) is 0 Å². The van der Waals surface area contributed by atoms with Crippen molar-refractivity contribution in [1.82, 2.24) is 15.0 Å². The van der Waals surface area contributed by atoms with E-state index in [1.165, 1.54) is 11.8 Å². The van der Waals surface area contributed by atoms with Crippen molar-refractivity contribution in [3.8, 4) is 0 Å². The molecule has 2 rings (SSSR count). The lowest BCUT2D eigenvalue weighted by atomic mass is 10.4. The lowest BCUT2D eigenvalue weighted by molar-refractivity contribution is 1.04. The molecule has 100 valence electrons. The number of hydrogen-bond donors (Lipinski definition) is 1. The third kappa shape index (κ3) is 3.29. The maximum Gasteiger partial charge on any atom is 0.157 e. The van der Waals surface area contributed by atoms with Gasteiger partial charge in [-0.25, -0.2) is 15.0 Å². The quantitative estimate of drug-likeness (QED) is 0.907. The van der Waals surface area contributed by atoms with Crippen LogP contribution in [0.4, 0.5) is 11.6 Å². The van der Waals surface area contributed by atoms with Gasteiger partial charge < -0.3 is 10.6 Å². The molecule has 0 amide bonds. The van der Waals surface area contributed by atoms with Crippen molar-refractivity contribution in [2.45, 2.75) is 9.92 Å². The summed E-state index contributed by atoms with van der Waals surface area (Å²) in [5.41, 5.74) is 5.82. The highest BCUT2D eigenvalue weighted by Gasteiger charge is 2.13. The van der Waals surface area contributed by atoms with Gasteiger partial charge in [0.15, 0.2) is 5.82 Å². The van der Waals surface area contributed by atoms with E-state index in [1.54, 1.807) is 12.4 Å². The predicted molar refractivity (Wildman–Crippen MR) is 81.8 cm³/mol. The highest BCUT2D eigenvalue weighted by atomic mass is 79.9. The summed E-state index contributed by atoms with van der Waals surface area (Å²) in [7, 11) is 3.77. The molecule has 0 saturated heterocycles. The summed E-state index contributed by atoms with van der Waals surface area (Å²) in [6, 6.07) is 1.82. The molecule has 0 aliphatic rings. The molecule has 0 aromatic carbocycles. The van der Waals surface area contributed by atoms with Crippen LogP contribution in [0.1, 0.15) is 0 Å². The molecule has 2 aromatic heterocycles. The van der Waals surface area contributed by atoms with Crippen LogP contribution in [-0.2, 0) is 0 Å². The second-order valence-corrected chi connectivity index (χ2v) is 6.05. The number of rotatable bonds is 3. The van der Waals surface area contributed by atoms with E-state index in [4.69, 9.17) is 17.3 Å². The smallest absolute Gasteiger partial charge is 0.157 e. The standard InChI is InChI=1S/C11H11BrClN5S/c1-18(2)10-8(13)6(3-4-15-10)19-11-9(14)17-7(12)5-16-11/h3-5H,1-2H3,(H2,14,17). The van der Waals surface area contributed by atoms with Gasteiger partial charge in [-0.05, 0) is 22.0 Å².